The molecule has 7 heteroatoms. The van der Waals surface area contributed by atoms with Gasteiger partial charge in [0.2, 0.25) is 15.9 Å². The summed E-state index contributed by atoms with van der Waals surface area (Å²) in [6.07, 6.45) is 2.03. The van der Waals surface area contributed by atoms with E-state index < -0.39 is 16.1 Å². The smallest absolute Gasteiger partial charge is 0.243 e. The predicted molar refractivity (Wildman–Crippen MR) is 96.3 cm³/mol. The first-order valence-electron chi connectivity index (χ1n) is 8.85. The standard InChI is InChI=1S/C18H27N3O3S/c1-18(2)13-20(12-10-16(18)19)17(22)15-9-6-11-21(15)25(23,24)14-7-4-3-5-8-14/h3-5,7-8,15-16H,6,9-13,19H2,1-2H3. The Kier molecular flexibility index (Phi) is 4.92. The van der Waals surface area contributed by atoms with E-state index in [1.54, 1.807) is 35.2 Å². The van der Waals surface area contributed by atoms with Crippen LogP contribution in [0.1, 0.15) is 33.1 Å². The first-order chi connectivity index (χ1) is 11.7. The Morgan fingerprint density at radius 3 is 2.48 bits per heavy atom. The largest absolute Gasteiger partial charge is 0.341 e. The van der Waals surface area contributed by atoms with Crippen LogP contribution in [0, 0.1) is 5.41 Å². The molecule has 6 nitrogen and oxygen atoms in total. The number of amides is 1. The van der Waals surface area contributed by atoms with Gasteiger partial charge in [0.1, 0.15) is 6.04 Å². The molecule has 0 radical (unpaired) electrons. The molecule has 3 rings (SSSR count). The van der Waals surface area contributed by atoms with Crippen LogP contribution in [0.3, 0.4) is 0 Å². The van der Waals surface area contributed by atoms with E-state index in [1.807, 2.05) is 0 Å². The van der Waals surface area contributed by atoms with E-state index >= 15 is 0 Å². The summed E-state index contributed by atoms with van der Waals surface area (Å²) in [4.78, 5) is 15.1. The highest BCUT2D eigenvalue weighted by atomic mass is 32.2. The maximum absolute atomic E-state index is 13.1. The minimum Gasteiger partial charge on any atom is -0.341 e. The van der Waals surface area contributed by atoms with Gasteiger partial charge in [0.05, 0.1) is 4.90 Å². The van der Waals surface area contributed by atoms with Crippen molar-refractivity contribution in [2.24, 2.45) is 11.1 Å². The molecular weight excluding hydrogens is 338 g/mol. The first kappa shape index (κ1) is 18.4. The van der Waals surface area contributed by atoms with Gasteiger partial charge in [-0.2, -0.15) is 4.31 Å². The number of likely N-dealkylation sites (tertiary alicyclic amines) is 1. The molecule has 0 saturated carbocycles. The maximum Gasteiger partial charge on any atom is 0.243 e. The highest BCUT2D eigenvalue weighted by Gasteiger charge is 2.43. The third kappa shape index (κ3) is 3.45. The summed E-state index contributed by atoms with van der Waals surface area (Å²) in [5.74, 6) is -0.0861. The van der Waals surface area contributed by atoms with Crippen molar-refractivity contribution in [1.82, 2.24) is 9.21 Å². The molecule has 2 heterocycles. The third-order valence-corrected chi connectivity index (χ3v) is 7.38. The average Bonchev–Trinajstić information content (AvgIpc) is 3.08. The normalized spacial score (nSPS) is 27.4. The van der Waals surface area contributed by atoms with Gasteiger partial charge in [0, 0.05) is 25.7 Å². The fraction of sp³-hybridized carbons (Fsp3) is 0.611. The fourth-order valence-electron chi connectivity index (χ4n) is 3.78. The number of hydrogen-bond donors (Lipinski definition) is 1. The molecule has 2 atom stereocenters. The molecule has 0 spiro atoms. The molecule has 2 unspecified atom stereocenters. The minimum absolute atomic E-state index is 0.0595. The summed E-state index contributed by atoms with van der Waals surface area (Å²) in [5.41, 5.74) is 6.00. The Hall–Kier alpha value is -1.44. The summed E-state index contributed by atoms with van der Waals surface area (Å²) in [6, 6.07) is 7.81. The second kappa shape index (κ2) is 6.70. The number of sulfonamides is 1. The number of carbonyl (C=O) groups excluding carboxylic acids is 1. The number of nitrogens with two attached hydrogens (primary N) is 1. The summed E-state index contributed by atoms with van der Waals surface area (Å²) < 4.78 is 27.3. The number of carbonyl (C=O) groups is 1. The molecule has 2 saturated heterocycles. The van der Waals surface area contributed by atoms with Crippen molar-refractivity contribution >= 4 is 15.9 Å². The molecule has 1 amide bonds. The van der Waals surface area contributed by atoms with Crippen molar-refractivity contribution in [3.05, 3.63) is 30.3 Å². The monoisotopic (exact) mass is 365 g/mol. The van der Waals surface area contributed by atoms with E-state index in [4.69, 9.17) is 5.73 Å². The Balaban J connectivity index is 1.81. The molecule has 25 heavy (non-hydrogen) atoms. The topological polar surface area (TPSA) is 83.7 Å². The van der Waals surface area contributed by atoms with E-state index in [9.17, 15) is 13.2 Å². The van der Waals surface area contributed by atoms with Gasteiger partial charge in [-0.25, -0.2) is 8.42 Å². The van der Waals surface area contributed by atoms with Gasteiger partial charge in [-0.1, -0.05) is 32.0 Å². The summed E-state index contributed by atoms with van der Waals surface area (Å²) in [6.45, 7) is 5.68. The van der Waals surface area contributed by atoms with Crippen molar-refractivity contribution < 1.29 is 13.2 Å². The molecule has 2 aliphatic heterocycles. The zero-order valence-electron chi connectivity index (χ0n) is 14.9. The number of hydrogen-bond acceptors (Lipinski definition) is 4. The summed E-state index contributed by atoms with van der Waals surface area (Å²) >= 11 is 0. The Morgan fingerprint density at radius 1 is 1.16 bits per heavy atom. The van der Waals surface area contributed by atoms with Gasteiger partial charge in [0.15, 0.2) is 0 Å². The number of benzene rings is 1. The molecule has 2 fully saturated rings. The van der Waals surface area contributed by atoms with Gasteiger partial charge < -0.3 is 10.6 Å². The lowest BCUT2D eigenvalue weighted by molar-refractivity contribution is -0.138. The van der Waals surface area contributed by atoms with Crippen molar-refractivity contribution in [3.63, 3.8) is 0 Å². The Bertz CT molecular complexity index is 733. The SMILES string of the molecule is CC1(C)CN(C(=O)C2CCCN2S(=O)(=O)c2ccccc2)CCC1N. The van der Waals surface area contributed by atoms with Gasteiger partial charge in [-0.05, 0) is 36.8 Å². The van der Waals surface area contributed by atoms with E-state index in [0.717, 1.165) is 6.42 Å². The van der Waals surface area contributed by atoms with Crippen molar-refractivity contribution in [2.75, 3.05) is 19.6 Å². The average molecular weight is 365 g/mol. The highest BCUT2D eigenvalue weighted by molar-refractivity contribution is 7.89. The van der Waals surface area contributed by atoms with Gasteiger partial charge >= 0.3 is 0 Å². The van der Waals surface area contributed by atoms with Crippen LogP contribution in [-0.2, 0) is 14.8 Å². The van der Waals surface area contributed by atoms with Crippen LogP contribution in [0.15, 0.2) is 35.2 Å². The lowest BCUT2D eigenvalue weighted by Gasteiger charge is -2.43. The van der Waals surface area contributed by atoms with Crippen LogP contribution in [0.2, 0.25) is 0 Å². The van der Waals surface area contributed by atoms with Crippen molar-refractivity contribution in [3.8, 4) is 0 Å². The fourth-order valence-corrected chi connectivity index (χ4v) is 5.45. The van der Waals surface area contributed by atoms with Crippen LogP contribution in [0.5, 0.6) is 0 Å². The molecule has 2 N–H and O–H groups in total. The van der Waals surface area contributed by atoms with Crippen LogP contribution >= 0.6 is 0 Å². The molecule has 0 aliphatic carbocycles. The van der Waals surface area contributed by atoms with Crippen molar-refractivity contribution in [1.29, 1.82) is 0 Å². The second-order valence-electron chi connectivity index (χ2n) is 7.73. The Morgan fingerprint density at radius 2 is 1.84 bits per heavy atom. The molecular formula is C18H27N3O3S. The van der Waals surface area contributed by atoms with Gasteiger partial charge in [-0.3, -0.25) is 4.79 Å². The quantitative estimate of drug-likeness (QED) is 0.878. The van der Waals surface area contributed by atoms with E-state index in [1.165, 1.54) is 4.31 Å². The number of piperidine rings is 1. The summed E-state index contributed by atoms with van der Waals surface area (Å²) in [7, 11) is -3.65. The van der Waals surface area contributed by atoms with E-state index in [-0.39, 0.29) is 22.3 Å². The predicted octanol–water partition coefficient (Wildman–Crippen LogP) is 1.43. The highest BCUT2D eigenvalue weighted by Crippen LogP contribution is 2.31. The molecule has 0 aromatic heterocycles. The van der Waals surface area contributed by atoms with E-state index in [0.29, 0.717) is 32.5 Å². The number of nitrogens with zero attached hydrogens (tertiary/aromatic N) is 2. The maximum atomic E-state index is 13.1. The Labute approximate surface area is 150 Å². The zero-order chi connectivity index (χ0) is 18.2. The molecule has 1 aromatic rings. The second-order valence-corrected chi connectivity index (χ2v) is 9.62. The van der Waals surface area contributed by atoms with Gasteiger partial charge in [0.25, 0.3) is 0 Å². The lowest BCUT2D eigenvalue weighted by Crippen LogP contribution is -2.57. The molecule has 1 aromatic carbocycles. The number of rotatable bonds is 3. The van der Waals surface area contributed by atoms with E-state index in [2.05, 4.69) is 13.8 Å². The summed E-state index contributed by atoms with van der Waals surface area (Å²) in [5, 5.41) is 0. The van der Waals surface area contributed by atoms with Gasteiger partial charge in [-0.15, -0.1) is 0 Å². The molecule has 0 bridgehead atoms. The first-order valence-corrected chi connectivity index (χ1v) is 10.3. The zero-order valence-corrected chi connectivity index (χ0v) is 15.7. The molecule has 2 aliphatic rings. The van der Waals surface area contributed by atoms with Crippen LogP contribution in [0.4, 0.5) is 0 Å². The van der Waals surface area contributed by atoms with Crippen LogP contribution < -0.4 is 5.73 Å². The van der Waals surface area contributed by atoms with Crippen LogP contribution in [-0.4, -0.2) is 55.2 Å². The minimum atomic E-state index is -3.65. The lowest BCUT2D eigenvalue weighted by atomic mass is 9.79. The molecule has 138 valence electrons. The van der Waals surface area contributed by atoms with Crippen molar-refractivity contribution in [2.45, 2.75) is 50.1 Å². The van der Waals surface area contributed by atoms with Crippen LogP contribution in [0.25, 0.3) is 0 Å². The third-order valence-electron chi connectivity index (χ3n) is 5.46.